The highest BCUT2D eigenvalue weighted by Crippen LogP contribution is 2.22. The highest BCUT2D eigenvalue weighted by molar-refractivity contribution is 6.04. The highest BCUT2D eigenvalue weighted by Gasteiger charge is 2.12. The number of nitrogens with one attached hydrogen (secondary N) is 2. The number of amides is 1. The van der Waals surface area contributed by atoms with Crippen LogP contribution in [0.3, 0.4) is 0 Å². The predicted molar refractivity (Wildman–Crippen MR) is 127 cm³/mol. The molecule has 162 valence electrons. The van der Waals surface area contributed by atoms with Crippen LogP contribution in [-0.4, -0.2) is 30.4 Å². The summed E-state index contributed by atoms with van der Waals surface area (Å²) in [6.45, 7) is 2.07. The Bertz CT molecular complexity index is 1400. The van der Waals surface area contributed by atoms with Gasteiger partial charge in [0.05, 0.1) is 22.6 Å². The Morgan fingerprint density at radius 2 is 1.85 bits per heavy atom. The second-order valence-electron chi connectivity index (χ2n) is 7.53. The number of aromatic nitrogens is 5. The SMILES string of the molecule is C[C@H](Nc1nccc(-n2cnc3cc(NC(=O)c4cccnc4)ccc32)n1)c1ccccc1. The van der Waals surface area contributed by atoms with Gasteiger partial charge in [0, 0.05) is 24.3 Å². The number of anilines is 2. The number of pyridine rings is 1. The fraction of sp³-hybridized carbons (Fsp3) is 0.0800. The molecular weight excluding hydrogens is 414 g/mol. The Labute approximate surface area is 190 Å². The van der Waals surface area contributed by atoms with Crippen molar-refractivity contribution in [1.29, 1.82) is 0 Å². The molecule has 5 aromatic rings. The van der Waals surface area contributed by atoms with Gasteiger partial charge in [-0.15, -0.1) is 0 Å². The molecule has 0 aliphatic carbocycles. The molecule has 8 heteroatoms. The maximum absolute atomic E-state index is 12.4. The van der Waals surface area contributed by atoms with E-state index >= 15 is 0 Å². The summed E-state index contributed by atoms with van der Waals surface area (Å²) in [5.74, 6) is 1.01. The lowest BCUT2D eigenvalue weighted by atomic mass is 10.1. The zero-order chi connectivity index (χ0) is 22.6. The Morgan fingerprint density at radius 1 is 0.970 bits per heavy atom. The quantitative estimate of drug-likeness (QED) is 0.403. The highest BCUT2D eigenvalue weighted by atomic mass is 16.1. The topological polar surface area (TPSA) is 97.6 Å². The number of imidazole rings is 1. The first kappa shape index (κ1) is 20.3. The average Bonchev–Trinajstić information content (AvgIpc) is 3.28. The van der Waals surface area contributed by atoms with E-state index in [1.54, 1.807) is 30.9 Å². The molecule has 1 atom stereocenters. The molecule has 0 aliphatic rings. The minimum absolute atomic E-state index is 0.0620. The third-order valence-electron chi connectivity index (χ3n) is 5.26. The van der Waals surface area contributed by atoms with Gasteiger partial charge in [-0.1, -0.05) is 30.3 Å². The molecule has 1 amide bonds. The molecule has 2 N–H and O–H groups in total. The fourth-order valence-electron chi connectivity index (χ4n) is 3.54. The van der Waals surface area contributed by atoms with E-state index < -0.39 is 0 Å². The molecule has 8 nitrogen and oxygen atoms in total. The third kappa shape index (κ3) is 4.40. The largest absolute Gasteiger partial charge is 0.348 e. The van der Waals surface area contributed by atoms with Crippen molar-refractivity contribution in [3.63, 3.8) is 0 Å². The van der Waals surface area contributed by atoms with E-state index in [4.69, 9.17) is 0 Å². The second-order valence-corrected chi connectivity index (χ2v) is 7.53. The number of hydrogen-bond donors (Lipinski definition) is 2. The second kappa shape index (κ2) is 8.88. The summed E-state index contributed by atoms with van der Waals surface area (Å²) < 4.78 is 1.89. The van der Waals surface area contributed by atoms with Crippen LogP contribution in [0.25, 0.3) is 16.9 Å². The minimum Gasteiger partial charge on any atom is -0.348 e. The van der Waals surface area contributed by atoms with Gasteiger partial charge < -0.3 is 10.6 Å². The average molecular weight is 435 g/mol. The first-order valence-corrected chi connectivity index (χ1v) is 10.5. The van der Waals surface area contributed by atoms with Gasteiger partial charge in [0.2, 0.25) is 5.95 Å². The summed E-state index contributed by atoms with van der Waals surface area (Å²) in [6.07, 6.45) is 6.59. The Morgan fingerprint density at radius 3 is 2.67 bits per heavy atom. The van der Waals surface area contributed by atoms with Crippen LogP contribution in [-0.2, 0) is 0 Å². The molecule has 33 heavy (non-hydrogen) atoms. The zero-order valence-electron chi connectivity index (χ0n) is 17.9. The number of carbonyl (C=O) groups is 1. The van der Waals surface area contributed by atoms with Gasteiger partial charge in [0.1, 0.15) is 12.1 Å². The van der Waals surface area contributed by atoms with E-state index in [1.165, 1.54) is 6.20 Å². The van der Waals surface area contributed by atoms with E-state index in [-0.39, 0.29) is 11.9 Å². The van der Waals surface area contributed by atoms with Crippen LogP contribution in [0.2, 0.25) is 0 Å². The van der Waals surface area contributed by atoms with Crippen LogP contribution in [0.15, 0.2) is 91.6 Å². The van der Waals surface area contributed by atoms with Gasteiger partial charge in [-0.3, -0.25) is 14.3 Å². The van der Waals surface area contributed by atoms with E-state index in [0.29, 0.717) is 23.0 Å². The molecule has 0 saturated heterocycles. The number of hydrogen-bond acceptors (Lipinski definition) is 6. The van der Waals surface area contributed by atoms with Crippen molar-refractivity contribution in [2.24, 2.45) is 0 Å². The van der Waals surface area contributed by atoms with E-state index in [9.17, 15) is 4.79 Å². The van der Waals surface area contributed by atoms with Crippen molar-refractivity contribution >= 4 is 28.6 Å². The van der Waals surface area contributed by atoms with Crippen molar-refractivity contribution in [1.82, 2.24) is 24.5 Å². The summed E-state index contributed by atoms with van der Waals surface area (Å²) in [7, 11) is 0. The van der Waals surface area contributed by atoms with Crippen LogP contribution in [0, 0.1) is 0 Å². The number of fused-ring (bicyclic) bond motifs is 1. The molecule has 0 saturated carbocycles. The van der Waals surface area contributed by atoms with Crippen molar-refractivity contribution < 1.29 is 4.79 Å². The molecule has 0 unspecified atom stereocenters. The van der Waals surface area contributed by atoms with Gasteiger partial charge >= 0.3 is 0 Å². The summed E-state index contributed by atoms with van der Waals surface area (Å²) in [4.78, 5) is 29.9. The summed E-state index contributed by atoms with van der Waals surface area (Å²) >= 11 is 0. The normalized spacial score (nSPS) is 11.8. The molecule has 3 aromatic heterocycles. The maximum Gasteiger partial charge on any atom is 0.257 e. The standard InChI is InChI=1S/C25H21N7O/c1-17(18-6-3-2-4-7-18)29-25-27-13-11-23(31-25)32-16-28-21-14-20(9-10-22(21)32)30-24(33)19-8-5-12-26-15-19/h2-17H,1H3,(H,30,33)(H,27,29,31)/t17-/m0/s1. The third-order valence-corrected chi connectivity index (χ3v) is 5.26. The molecule has 0 spiro atoms. The minimum atomic E-state index is -0.221. The van der Waals surface area contributed by atoms with Crippen LogP contribution in [0.1, 0.15) is 28.9 Å². The van der Waals surface area contributed by atoms with E-state index in [1.807, 2.05) is 47.0 Å². The summed E-state index contributed by atoms with van der Waals surface area (Å²) in [5, 5.41) is 6.23. The monoisotopic (exact) mass is 435 g/mol. The molecule has 0 aliphatic heterocycles. The molecule has 5 rings (SSSR count). The first-order valence-electron chi connectivity index (χ1n) is 10.5. The number of carbonyl (C=O) groups excluding carboxylic acids is 1. The van der Waals surface area contributed by atoms with Crippen molar-refractivity contribution in [3.8, 4) is 5.82 Å². The Hall–Kier alpha value is -4.59. The van der Waals surface area contributed by atoms with Gasteiger partial charge in [-0.25, -0.2) is 9.97 Å². The van der Waals surface area contributed by atoms with Gasteiger partial charge in [0.25, 0.3) is 5.91 Å². The van der Waals surface area contributed by atoms with E-state index in [2.05, 4.69) is 49.6 Å². The van der Waals surface area contributed by atoms with Crippen LogP contribution in [0.5, 0.6) is 0 Å². The molecule has 0 bridgehead atoms. The number of nitrogens with zero attached hydrogens (tertiary/aromatic N) is 5. The lowest BCUT2D eigenvalue weighted by molar-refractivity contribution is 0.102. The number of benzene rings is 2. The molecule has 3 heterocycles. The fourth-order valence-corrected chi connectivity index (χ4v) is 3.54. The zero-order valence-corrected chi connectivity index (χ0v) is 17.9. The summed E-state index contributed by atoms with van der Waals surface area (Å²) in [6, 6.07) is 21.1. The smallest absolute Gasteiger partial charge is 0.257 e. The van der Waals surface area contributed by atoms with Crippen LogP contribution < -0.4 is 10.6 Å². The van der Waals surface area contributed by atoms with Gasteiger partial charge in [-0.05, 0) is 48.9 Å². The van der Waals surface area contributed by atoms with Crippen molar-refractivity contribution in [2.75, 3.05) is 10.6 Å². The molecule has 2 aromatic carbocycles. The Kier molecular flexibility index (Phi) is 5.47. The maximum atomic E-state index is 12.4. The van der Waals surface area contributed by atoms with Crippen LogP contribution >= 0.6 is 0 Å². The molecule has 0 fully saturated rings. The predicted octanol–water partition coefficient (Wildman–Crippen LogP) is 4.64. The molecular formula is C25H21N7O. The summed E-state index contributed by atoms with van der Waals surface area (Å²) in [5.41, 5.74) is 3.91. The van der Waals surface area contributed by atoms with Crippen LogP contribution in [0.4, 0.5) is 11.6 Å². The van der Waals surface area contributed by atoms with Gasteiger partial charge in [0.15, 0.2) is 0 Å². The lowest BCUT2D eigenvalue weighted by Gasteiger charge is -2.14. The molecule has 0 radical (unpaired) electrons. The first-order chi connectivity index (χ1) is 16.2. The van der Waals surface area contributed by atoms with E-state index in [0.717, 1.165) is 16.6 Å². The number of rotatable bonds is 6. The Balaban J connectivity index is 1.37. The lowest BCUT2D eigenvalue weighted by Crippen LogP contribution is -2.12. The van der Waals surface area contributed by atoms with Crippen molar-refractivity contribution in [2.45, 2.75) is 13.0 Å². The van der Waals surface area contributed by atoms with Gasteiger partial charge in [-0.2, -0.15) is 4.98 Å². The van der Waals surface area contributed by atoms with Crippen molar-refractivity contribution in [3.05, 3.63) is 103 Å².